The van der Waals surface area contributed by atoms with Gasteiger partial charge in [0.25, 0.3) is 0 Å². The topological polar surface area (TPSA) is 24.9 Å². The van der Waals surface area contributed by atoms with Crippen molar-refractivity contribution in [1.82, 2.24) is 10.3 Å². The second kappa shape index (κ2) is 5.73. The first-order valence-electron chi connectivity index (χ1n) is 6.83. The predicted molar refractivity (Wildman–Crippen MR) is 86.3 cm³/mol. The number of pyridine rings is 1. The van der Waals surface area contributed by atoms with Crippen molar-refractivity contribution < 1.29 is 0 Å². The fourth-order valence-electron chi connectivity index (χ4n) is 2.50. The van der Waals surface area contributed by atoms with E-state index in [2.05, 4.69) is 59.0 Å². The first-order chi connectivity index (χ1) is 9.78. The van der Waals surface area contributed by atoms with Gasteiger partial charge in [-0.3, -0.25) is 4.98 Å². The van der Waals surface area contributed by atoms with Crippen molar-refractivity contribution in [3.8, 4) is 0 Å². The van der Waals surface area contributed by atoms with Gasteiger partial charge in [-0.15, -0.1) is 11.3 Å². The number of benzene rings is 1. The number of fused-ring (bicyclic) bond motifs is 1. The van der Waals surface area contributed by atoms with Gasteiger partial charge in [0, 0.05) is 12.2 Å². The van der Waals surface area contributed by atoms with E-state index in [1.807, 2.05) is 13.2 Å². The lowest BCUT2D eigenvalue weighted by Gasteiger charge is -2.17. The smallest absolute Gasteiger partial charge is 0.0809 e. The molecular weight excluding hydrogens is 264 g/mol. The van der Waals surface area contributed by atoms with E-state index in [0.29, 0.717) is 6.04 Å². The average Bonchev–Trinajstić information content (AvgIpc) is 2.94. The van der Waals surface area contributed by atoms with Gasteiger partial charge in [-0.25, -0.2) is 0 Å². The van der Waals surface area contributed by atoms with Crippen molar-refractivity contribution >= 4 is 21.6 Å². The molecule has 0 aliphatic heterocycles. The number of nitrogens with one attached hydrogen (secondary N) is 1. The van der Waals surface area contributed by atoms with Crippen LogP contribution in [-0.4, -0.2) is 12.0 Å². The molecule has 1 aromatic carbocycles. The zero-order valence-corrected chi connectivity index (χ0v) is 12.6. The highest BCUT2D eigenvalue weighted by atomic mass is 32.1. The first kappa shape index (κ1) is 13.3. The second-order valence-corrected chi connectivity index (χ2v) is 5.99. The van der Waals surface area contributed by atoms with E-state index in [4.69, 9.17) is 0 Å². The number of hydrogen-bond acceptors (Lipinski definition) is 3. The summed E-state index contributed by atoms with van der Waals surface area (Å²) in [5, 5.41) is 5.51. The predicted octanol–water partition coefficient (Wildman–Crippen LogP) is 4.11. The Balaban J connectivity index is 1.91. The lowest BCUT2D eigenvalue weighted by molar-refractivity contribution is 0.589. The number of hydrogen-bond donors (Lipinski definition) is 1. The van der Waals surface area contributed by atoms with Crippen LogP contribution in [0.15, 0.2) is 48.0 Å². The van der Waals surface area contributed by atoms with Crippen LogP contribution in [0, 0.1) is 6.92 Å². The molecule has 2 aromatic heterocycles. The SMILES string of the molecule is CNC(Cc1ccccc1C)c1cnc2ccsc2c1. The third kappa shape index (κ3) is 2.60. The van der Waals surface area contributed by atoms with Crippen molar-refractivity contribution in [2.75, 3.05) is 7.05 Å². The van der Waals surface area contributed by atoms with E-state index in [9.17, 15) is 0 Å². The molecule has 1 N–H and O–H groups in total. The molecule has 102 valence electrons. The Hall–Kier alpha value is -1.71. The summed E-state index contributed by atoms with van der Waals surface area (Å²) >= 11 is 1.75. The van der Waals surface area contributed by atoms with Gasteiger partial charge in [-0.05, 0) is 54.6 Å². The van der Waals surface area contributed by atoms with Crippen molar-refractivity contribution in [3.05, 3.63) is 64.7 Å². The van der Waals surface area contributed by atoms with E-state index >= 15 is 0 Å². The van der Waals surface area contributed by atoms with Crippen LogP contribution in [0.5, 0.6) is 0 Å². The highest BCUT2D eigenvalue weighted by Gasteiger charge is 2.12. The van der Waals surface area contributed by atoms with Crippen LogP contribution in [0.3, 0.4) is 0 Å². The van der Waals surface area contributed by atoms with Crippen molar-refractivity contribution in [3.63, 3.8) is 0 Å². The first-order valence-corrected chi connectivity index (χ1v) is 7.71. The van der Waals surface area contributed by atoms with E-state index in [0.717, 1.165) is 11.9 Å². The highest BCUT2D eigenvalue weighted by Crippen LogP contribution is 2.25. The summed E-state index contributed by atoms with van der Waals surface area (Å²) in [4.78, 5) is 4.54. The van der Waals surface area contributed by atoms with Crippen molar-refractivity contribution in [2.45, 2.75) is 19.4 Å². The highest BCUT2D eigenvalue weighted by molar-refractivity contribution is 7.17. The molecule has 0 spiro atoms. The van der Waals surface area contributed by atoms with Gasteiger partial charge >= 0.3 is 0 Å². The summed E-state index contributed by atoms with van der Waals surface area (Å²) in [5.74, 6) is 0. The van der Waals surface area contributed by atoms with Crippen LogP contribution < -0.4 is 5.32 Å². The molecule has 0 aliphatic rings. The number of aromatic nitrogens is 1. The van der Waals surface area contributed by atoms with Gasteiger partial charge in [0.05, 0.1) is 10.2 Å². The number of thiophene rings is 1. The minimum atomic E-state index is 0.301. The molecule has 0 saturated carbocycles. The van der Waals surface area contributed by atoms with Crippen molar-refractivity contribution in [2.24, 2.45) is 0 Å². The van der Waals surface area contributed by atoms with Gasteiger partial charge in [-0.2, -0.15) is 0 Å². The van der Waals surface area contributed by atoms with Crippen LogP contribution in [0.25, 0.3) is 10.2 Å². The molecule has 0 bridgehead atoms. The minimum absolute atomic E-state index is 0.301. The maximum atomic E-state index is 4.54. The third-order valence-corrected chi connectivity index (χ3v) is 4.61. The Morgan fingerprint density at radius 3 is 2.90 bits per heavy atom. The van der Waals surface area contributed by atoms with Crippen LogP contribution in [0.2, 0.25) is 0 Å². The van der Waals surface area contributed by atoms with E-state index in [1.165, 1.54) is 21.4 Å². The van der Waals surface area contributed by atoms with E-state index in [1.54, 1.807) is 11.3 Å². The maximum absolute atomic E-state index is 4.54. The van der Waals surface area contributed by atoms with Gasteiger partial charge in [0.15, 0.2) is 0 Å². The summed E-state index contributed by atoms with van der Waals surface area (Å²) in [6, 6.07) is 13.2. The Labute approximate surface area is 123 Å². The zero-order chi connectivity index (χ0) is 13.9. The summed E-state index contributed by atoms with van der Waals surface area (Å²) in [6.07, 6.45) is 2.98. The maximum Gasteiger partial charge on any atom is 0.0809 e. The van der Waals surface area contributed by atoms with Crippen LogP contribution >= 0.6 is 11.3 Å². The summed E-state index contributed by atoms with van der Waals surface area (Å²) < 4.78 is 1.26. The number of likely N-dealkylation sites (N-methyl/N-ethyl adjacent to an activating group) is 1. The quantitative estimate of drug-likeness (QED) is 0.779. The number of rotatable bonds is 4. The summed E-state index contributed by atoms with van der Waals surface area (Å²) in [6.45, 7) is 2.17. The van der Waals surface area contributed by atoms with Gasteiger partial charge in [-0.1, -0.05) is 24.3 Å². The molecule has 1 unspecified atom stereocenters. The molecule has 0 fully saturated rings. The Kier molecular flexibility index (Phi) is 3.81. The van der Waals surface area contributed by atoms with Gasteiger partial charge in [0.2, 0.25) is 0 Å². The molecule has 3 rings (SSSR count). The molecule has 2 nitrogen and oxygen atoms in total. The van der Waals surface area contributed by atoms with Gasteiger partial charge in [0.1, 0.15) is 0 Å². The van der Waals surface area contributed by atoms with Crippen LogP contribution in [-0.2, 0) is 6.42 Å². The molecular formula is C17H18N2S. The zero-order valence-electron chi connectivity index (χ0n) is 11.8. The molecule has 3 heteroatoms. The monoisotopic (exact) mass is 282 g/mol. The molecule has 0 radical (unpaired) electrons. The molecule has 0 saturated heterocycles. The van der Waals surface area contributed by atoms with E-state index < -0.39 is 0 Å². The molecule has 3 aromatic rings. The Morgan fingerprint density at radius 2 is 2.10 bits per heavy atom. The fourth-order valence-corrected chi connectivity index (χ4v) is 3.29. The van der Waals surface area contributed by atoms with Gasteiger partial charge < -0.3 is 5.32 Å². The largest absolute Gasteiger partial charge is 0.313 e. The molecule has 1 atom stereocenters. The standard InChI is InChI=1S/C17H18N2S/c1-12-5-3-4-6-13(12)9-16(18-2)14-10-17-15(19-11-14)7-8-20-17/h3-8,10-11,16,18H,9H2,1-2H3. The Bertz CT molecular complexity index is 718. The fraction of sp³-hybridized carbons (Fsp3) is 0.235. The van der Waals surface area contributed by atoms with Crippen LogP contribution in [0.1, 0.15) is 22.7 Å². The van der Waals surface area contributed by atoms with E-state index in [-0.39, 0.29) is 0 Å². The average molecular weight is 282 g/mol. The van der Waals surface area contributed by atoms with Crippen LogP contribution in [0.4, 0.5) is 0 Å². The molecule has 20 heavy (non-hydrogen) atoms. The number of aryl methyl sites for hydroxylation is 1. The second-order valence-electron chi connectivity index (χ2n) is 5.04. The lowest BCUT2D eigenvalue weighted by Crippen LogP contribution is -2.19. The Morgan fingerprint density at radius 1 is 1.25 bits per heavy atom. The van der Waals surface area contributed by atoms with Crippen molar-refractivity contribution in [1.29, 1.82) is 0 Å². The molecule has 0 aliphatic carbocycles. The summed E-state index contributed by atoms with van der Waals surface area (Å²) in [7, 11) is 2.02. The normalized spacial score (nSPS) is 12.7. The lowest BCUT2D eigenvalue weighted by atomic mass is 9.97. The number of nitrogens with zero attached hydrogens (tertiary/aromatic N) is 1. The summed E-state index contributed by atoms with van der Waals surface area (Å²) in [5.41, 5.74) is 5.08. The molecule has 2 heterocycles. The third-order valence-electron chi connectivity index (χ3n) is 3.76. The molecule has 0 amide bonds. The minimum Gasteiger partial charge on any atom is -0.313 e.